The summed E-state index contributed by atoms with van der Waals surface area (Å²) in [6.45, 7) is -0.712. The highest BCUT2D eigenvalue weighted by Gasteiger charge is 2.46. The maximum absolute atomic E-state index is 14.5. The fourth-order valence-electron chi connectivity index (χ4n) is 6.59. The molecule has 0 bridgehead atoms. The summed E-state index contributed by atoms with van der Waals surface area (Å²) in [5, 5.41) is 0. The molecule has 284 valence electrons. The average molecular weight is 751 g/mol. The van der Waals surface area contributed by atoms with Crippen LogP contribution in [0.2, 0.25) is 0 Å². The van der Waals surface area contributed by atoms with Gasteiger partial charge in [0, 0.05) is 0 Å². The van der Waals surface area contributed by atoms with Gasteiger partial charge in [0.2, 0.25) is 0 Å². The van der Waals surface area contributed by atoms with Crippen LogP contribution in [-0.4, -0.2) is 97.0 Å². The van der Waals surface area contributed by atoms with Crippen molar-refractivity contribution in [2.24, 2.45) is 0 Å². The third-order valence-corrected chi connectivity index (χ3v) is 9.31. The van der Waals surface area contributed by atoms with Gasteiger partial charge in [-0.1, -0.05) is 24.3 Å². The molecule has 6 rings (SSSR count). The molecule has 0 radical (unpaired) electrons. The van der Waals surface area contributed by atoms with Crippen LogP contribution in [0.3, 0.4) is 0 Å². The van der Waals surface area contributed by atoms with Gasteiger partial charge in [-0.05, 0) is 70.8 Å². The van der Waals surface area contributed by atoms with Crippen molar-refractivity contribution < 1.29 is 57.1 Å². The molecule has 0 saturated heterocycles. The van der Waals surface area contributed by atoms with E-state index >= 15 is 0 Å². The molecular formula is C41H38N2O12. The topological polar surface area (TPSA) is 149 Å². The first kappa shape index (κ1) is 37.8. The molecule has 4 aromatic carbocycles. The fourth-order valence-corrected chi connectivity index (χ4v) is 6.59. The van der Waals surface area contributed by atoms with Gasteiger partial charge in [0.15, 0.2) is 46.0 Å². The van der Waals surface area contributed by atoms with Gasteiger partial charge in [0.1, 0.15) is 6.67 Å². The summed E-state index contributed by atoms with van der Waals surface area (Å²) in [5.74, 6) is -0.171. The van der Waals surface area contributed by atoms with Gasteiger partial charge >= 0.3 is 0 Å². The first-order chi connectivity index (χ1) is 26.6. The molecule has 0 aromatic heterocycles. The molecule has 0 atom stereocenters. The lowest BCUT2D eigenvalue weighted by Gasteiger charge is -2.23. The highest BCUT2D eigenvalue weighted by Crippen LogP contribution is 2.44. The van der Waals surface area contributed by atoms with Crippen LogP contribution < -0.4 is 37.9 Å². The maximum atomic E-state index is 14.5. The van der Waals surface area contributed by atoms with Crippen molar-refractivity contribution in [3.8, 4) is 46.0 Å². The minimum atomic E-state index is -0.755. The number of methoxy groups -OCH3 is 8. The van der Waals surface area contributed by atoms with Crippen molar-refractivity contribution in [2.45, 2.75) is 0 Å². The highest BCUT2D eigenvalue weighted by atomic mass is 16.5. The zero-order chi connectivity index (χ0) is 39.6. The third-order valence-electron chi connectivity index (χ3n) is 9.31. The van der Waals surface area contributed by atoms with Crippen LogP contribution in [0.1, 0.15) is 22.3 Å². The molecule has 2 aliphatic heterocycles. The van der Waals surface area contributed by atoms with Crippen LogP contribution in [0.25, 0.3) is 22.3 Å². The Balaban J connectivity index is 1.47. The van der Waals surface area contributed by atoms with Crippen LogP contribution >= 0.6 is 0 Å². The van der Waals surface area contributed by atoms with Crippen LogP contribution in [0.5, 0.6) is 46.0 Å². The number of carbonyl (C=O) groups excluding carboxylic acids is 4. The van der Waals surface area contributed by atoms with E-state index in [1.165, 1.54) is 56.9 Å². The van der Waals surface area contributed by atoms with Crippen LogP contribution in [0, 0.1) is 0 Å². The van der Waals surface area contributed by atoms with Crippen molar-refractivity contribution >= 4 is 45.9 Å². The molecule has 4 amide bonds. The Kier molecular flexibility index (Phi) is 10.7. The van der Waals surface area contributed by atoms with Crippen LogP contribution in [0.15, 0.2) is 72.8 Å². The smallest absolute Gasteiger partial charge is 0.263 e. The summed E-state index contributed by atoms with van der Waals surface area (Å²) >= 11 is 0. The van der Waals surface area contributed by atoms with Gasteiger partial charge in [-0.2, -0.15) is 0 Å². The Morgan fingerprint density at radius 2 is 0.527 bits per heavy atom. The average Bonchev–Trinajstić information content (AvgIpc) is 3.62. The molecule has 55 heavy (non-hydrogen) atoms. The normalized spacial score (nSPS) is 14.2. The van der Waals surface area contributed by atoms with E-state index in [-0.39, 0.29) is 22.3 Å². The maximum Gasteiger partial charge on any atom is 0.263 e. The number of carbonyl (C=O) groups is 4. The number of hydrogen-bond acceptors (Lipinski definition) is 12. The Hall–Kier alpha value is -6.96. The summed E-state index contributed by atoms with van der Waals surface area (Å²) in [6, 6.07) is 19.2. The molecule has 0 unspecified atom stereocenters. The van der Waals surface area contributed by atoms with E-state index in [1.807, 2.05) is 0 Å². The van der Waals surface area contributed by atoms with E-state index in [2.05, 4.69) is 0 Å². The van der Waals surface area contributed by atoms with Crippen molar-refractivity contribution in [3.05, 3.63) is 95.1 Å². The zero-order valence-corrected chi connectivity index (χ0v) is 31.4. The summed E-state index contributed by atoms with van der Waals surface area (Å²) in [4.78, 5) is 59.9. The number of imide groups is 2. The van der Waals surface area contributed by atoms with Gasteiger partial charge < -0.3 is 37.9 Å². The first-order valence-corrected chi connectivity index (χ1v) is 16.7. The van der Waals surface area contributed by atoms with Crippen molar-refractivity contribution in [2.75, 3.05) is 63.5 Å². The first-order valence-electron chi connectivity index (χ1n) is 16.7. The minimum absolute atomic E-state index is 0.00505. The molecule has 0 aliphatic carbocycles. The Labute approximate surface area is 316 Å². The van der Waals surface area contributed by atoms with Crippen LogP contribution in [0.4, 0.5) is 0 Å². The van der Waals surface area contributed by atoms with Crippen molar-refractivity contribution in [1.82, 2.24) is 9.80 Å². The molecular weight excluding hydrogens is 712 g/mol. The van der Waals surface area contributed by atoms with Gasteiger partial charge in [-0.25, -0.2) is 0 Å². The molecule has 4 aromatic rings. The lowest BCUT2D eigenvalue weighted by atomic mass is 9.95. The molecule has 0 N–H and O–H groups in total. The van der Waals surface area contributed by atoms with E-state index in [0.717, 1.165) is 9.80 Å². The second-order valence-electron chi connectivity index (χ2n) is 12.0. The molecule has 14 heteroatoms. The molecule has 0 fully saturated rings. The number of nitrogens with zero attached hydrogens (tertiary/aromatic N) is 2. The SMILES string of the molecule is COc1ccc(C2=C(c3ccc(OC)c(OC)c3)C(=O)N(CN3C(=O)C(c4ccc(OC)c(OC)c4)=C(c4ccc(OC)c(OC)c4)C3=O)C2=O)cc1OC. The van der Waals surface area contributed by atoms with Gasteiger partial charge in [-0.15, -0.1) is 0 Å². The molecule has 2 aliphatic rings. The standard InChI is InChI=1S/C41H38N2O12/c1-48-26-13-9-22(17-30(26)52-5)34-35(23-10-14-27(49-2)31(18-23)53-6)39(45)42(38(34)44)21-43-40(46)36(24-11-15-28(50-3)32(19-24)54-7)37(41(43)47)25-12-16-29(51-4)33(20-25)55-8/h9-20H,21H2,1-8H3. The second kappa shape index (κ2) is 15.6. The van der Waals surface area contributed by atoms with Gasteiger partial charge in [0.25, 0.3) is 23.6 Å². The number of rotatable bonds is 14. The van der Waals surface area contributed by atoms with Crippen molar-refractivity contribution in [3.63, 3.8) is 0 Å². The Bertz CT molecular complexity index is 1980. The lowest BCUT2D eigenvalue weighted by molar-refractivity contribution is -0.144. The predicted molar refractivity (Wildman–Crippen MR) is 200 cm³/mol. The highest BCUT2D eigenvalue weighted by molar-refractivity contribution is 6.51. The zero-order valence-electron chi connectivity index (χ0n) is 31.4. The quantitative estimate of drug-likeness (QED) is 0.160. The van der Waals surface area contributed by atoms with Crippen molar-refractivity contribution in [1.29, 1.82) is 0 Å². The van der Waals surface area contributed by atoms with Gasteiger partial charge in [0.05, 0.1) is 79.2 Å². The number of ether oxygens (including phenoxy) is 8. The fraction of sp³-hybridized carbons (Fsp3) is 0.220. The Morgan fingerprint density at radius 1 is 0.327 bits per heavy atom. The molecule has 14 nitrogen and oxygen atoms in total. The molecule has 2 heterocycles. The van der Waals surface area contributed by atoms with E-state index in [4.69, 9.17) is 37.9 Å². The second-order valence-corrected chi connectivity index (χ2v) is 12.0. The summed E-state index contributed by atoms with van der Waals surface area (Å²) in [6.07, 6.45) is 0. The lowest BCUT2D eigenvalue weighted by Crippen LogP contribution is -2.45. The largest absolute Gasteiger partial charge is 0.493 e. The minimum Gasteiger partial charge on any atom is -0.493 e. The van der Waals surface area contributed by atoms with E-state index in [1.54, 1.807) is 72.8 Å². The number of hydrogen-bond donors (Lipinski definition) is 0. The number of benzene rings is 4. The third kappa shape index (κ3) is 6.51. The molecule has 0 spiro atoms. The number of amides is 4. The van der Waals surface area contributed by atoms with E-state index < -0.39 is 30.3 Å². The van der Waals surface area contributed by atoms with Crippen LogP contribution in [-0.2, 0) is 19.2 Å². The Morgan fingerprint density at radius 3 is 0.709 bits per heavy atom. The van der Waals surface area contributed by atoms with E-state index in [0.29, 0.717) is 68.2 Å². The summed E-state index contributed by atoms with van der Waals surface area (Å²) in [7, 11) is 11.7. The summed E-state index contributed by atoms with van der Waals surface area (Å²) in [5.41, 5.74) is 1.34. The van der Waals surface area contributed by atoms with E-state index in [9.17, 15) is 19.2 Å². The predicted octanol–water partition coefficient (Wildman–Crippen LogP) is 4.97. The summed E-state index contributed by atoms with van der Waals surface area (Å²) < 4.78 is 43.6. The molecule has 0 saturated carbocycles. The van der Waals surface area contributed by atoms with Gasteiger partial charge in [-0.3, -0.25) is 29.0 Å². The monoisotopic (exact) mass is 750 g/mol.